The standard InChI is InChI=1S/C11H17N5O/c1-6-7(2)13-9-8(12-6)10(17)16(5)11(14-9)15(3)4/h6-7H,1-5H3. The average Bonchev–Trinajstić information content (AvgIpc) is 2.26. The maximum Gasteiger partial charge on any atom is 0.282 e. The molecule has 0 amide bonds. The van der Waals surface area contributed by atoms with Gasteiger partial charge in [-0.15, -0.1) is 0 Å². The van der Waals surface area contributed by atoms with Crippen molar-refractivity contribution >= 4 is 5.95 Å². The predicted octanol–water partition coefficient (Wildman–Crippen LogP) is -1.12. The Hall–Kier alpha value is -1.72. The van der Waals surface area contributed by atoms with E-state index >= 15 is 0 Å². The van der Waals surface area contributed by atoms with Gasteiger partial charge in [0.1, 0.15) is 0 Å². The van der Waals surface area contributed by atoms with Gasteiger partial charge in [0.2, 0.25) is 5.95 Å². The first kappa shape index (κ1) is 11.8. The highest BCUT2D eigenvalue weighted by Gasteiger charge is 2.17. The summed E-state index contributed by atoms with van der Waals surface area (Å²) in [5.41, 5.74) is 0.323. The summed E-state index contributed by atoms with van der Waals surface area (Å²) in [6.45, 7) is 3.93. The molecule has 0 bridgehead atoms. The van der Waals surface area contributed by atoms with E-state index in [1.165, 1.54) is 4.57 Å². The van der Waals surface area contributed by atoms with E-state index in [-0.39, 0.29) is 17.6 Å². The summed E-state index contributed by atoms with van der Waals surface area (Å²) in [6.07, 6.45) is 0. The Morgan fingerprint density at radius 3 is 2.35 bits per heavy atom. The van der Waals surface area contributed by atoms with Gasteiger partial charge in [-0.2, -0.15) is 4.98 Å². The third-order valence-corrected chi connectivity index (χ3v) is 2.98. The lowest BCUT2D eigenvalue weighted by Crippen LogP contribution is -2.52. The Labute approximate surface area is 99.3 Å². The third kappa shape index (κ3) is 1.83. The lowest BCUT2D eigenvalue weighted by molar-refractivity contribution is 0.546. The van der Waals surface area contributed by atoms with E-state index in [4.69, 9.17) is 0 Å². The average molecular weight is 235 g/mol. The molecule has 17 heavy (non-hydrogen) atoms. The fraction of sp³-hybridized carbons (Fsp3) is 0.636. The topological polar surface area (TPSA) is 62.9 Å². The Bertz CT molecular complexity index is 616. The number of anilines is 1. The second-order valence-corrected chi connectivity index (χ2v) is 4.58. The Kier molecular flexibility index (Phi) is 2.73. The molecule has 1 aliphatic heterocycles. The summed E-state index contributed by atoms with van der Waals surface area (Å²) in [6, 6.07) is 0.0966. The molecule has 0 radical (unpaired) electrons. The van der Waals surface area contributed by atoms with Gasteiger partial charge < -0.3 is 4.90 Å². The van der Waals surface area contributed by atoms with Crippen LogP contribution in [-0.2, 0) is 7.05 Å². The highest BCUT2D eigenvalue weighted by Crippen LogP contribution is 2.03. The Morgan fingerprint density at radius 2 is 1.76 bits per heavy atom. The van der Waals surface area contributed by atoms with Crippen molar-refractivity contribution in [1.29, 1.82) is 0 Å². The van der Waals surface area contributed by atoms with Gasteiger partial charge in [0.05, 0.1) is 12.1 Å². The van der Waals surface area contributed by atoms with Crippen LogP contribution in [0.3, 0.4) is 0 Å². The zero-order chi connectivity index (χ0) is 12.7. The molecular weight excluding hydrogens is 218 g/mol. The minimum Gasteiger partial charge on any atom is -0.348 e. The summed E-state index contributed by atoms with van der Waals surface area (Å²) in [7, 11) is 5.39. The van der Waals surface area contributed by atoms with Gasteiger partial charge in [0, 0.05) is 21.1 Å². The largest absolute Gasteiger partial charge is 0.348 e. The number of hydrogen-bond acceptors (Lipinski definition) is 5. The van der Waals surface area contributed by atoms with Gasteiger partial charge in [-0.25, -0.2) is 0 Å². The van der Waals surface area contributed by atoms with E-state index in [0.717, 1.165) is 0 Å². The Balaban J connectivity index is 2.85. The molecule has 2 unspecified atom stereocenters. The van der Waals surface area contributed by atoms with Crippen molar-refractivity contribution in [2.24, 2.45) is 17.0 Å². The van der Waals surface area contributed by atoms with Crippen molar-refractivity contribution in [2.75, 3.05) is 19.0 Å². The number of nitrogens with zero attached hydrogens (tertiary/aromatic N) is 5. The molecule has 92 valence electrons. The molecule has 2 heterocycles. The van der Waals surface area contributed by atoms with E-state index in [9.17, 15) is 4.79 Å². The zero-order valence-corrected chi connectivity index (χ0v) is 10.8. The maximum absolute atomic E-state index is 12.1. The first-order valence-electron chi connectivity index (χ1n) is 5.62. The molecule has 1 aromatic rings. The van der Waals surface area contributed by atoms with Crippen LogP contribution in [0.4, 0.5) is 5.95 Å². The van der Waals surface area contributed by atoms with Gasteiger partial charge in [-0.3, -0.25) is 19.3 Å². The normalized spacial score (nSPS) is 22.4. The molecule has 0 saturated carbocycles. The minimum atomic E-state index is -0.138. The van der Waals surface area contributed by atoms with Crippen LogP contribution < -0.4 is 21.3 Å². The summed E-state index contributed by atoms with van der Waals surface area (Å²) >= 11 is 0. The second-order valence-electron chi connectivity index (χ2n) is 4.58. The van der Waals surface area contributed by atoms with Crippen LogP contribution in [0, 0.1) is 0 Å². The van der Waals surface area contributed by atoms with Gasteiger partial charge in [-0.05, 0) is 13.8 Å². The molecule has 0 fully saturated rings. The predicted molar refractivity (Wildman–Crippen MR) is 65.0 cm³/mol. The molecule has 1 aromatic heterocycles. The molecule has 6 heteroatoms. The van der Waals surface area contributed by atoms with Gasteiger partial charge in [0.25, 0.3) is 5.56 Å². The second kappa shape index (κ2) is 3.94. The first-order chi connectivity index (χ1) is 7.91. The molecule has 0 spiro atoms. The number of rotatable bonds is 1. The van der Waals surface area contributed by atoms with Crippen LogP contribution in [0.2, 0.25) is 0 Å². The lowest BCUT2D eigenvalue weighted by Gasteiger charge is -2.18. The maximum atomic E-state index is 12.1. The van der Waals surface area contributed by atoms with Crippen LogP contribution in [0.15, 0.2) is 14.8 Å². The first-order valence-corrected chi connectivity index (χ1v) is 5.62. The van der Waals surface area contributed by atoms with Gasteiger partial charge in [0.15, 0.2) is 10.8 Å². The van der Waals surface area contributed by atoms with E-state index < -0.39 is 0 Å². The van der Waals surface area contributed by atoms with Gasteiger partial charge >= 0.3 is 0 Å². The summed E-state index contributed by atoms with van der Waals surface area (Å²) in [5.74, 6) is 0.592. The SMILES string of the molecule is CC1N=c2nc(N(C)C)n(C)c(=O)c2=NC1C. The summed E-state index contributed by atoms with van der Waals surface area (Å²) in [4.78, 5) is 27.1. The van der Waals surface area contributed by atoms with Crippen molar-refractivity contribution in [2.45, 2.75) is 25.9 Å². The number of hydrogen-bond donors (Lipinski definition) is 0. The molecule has 0 saturated heterocycles. The summed E-state index contributed by atoms with van der Waals surface area (Å²) < 4.78 is 1.50. The van der Waals surface area contributed by atoms with Crippen LogP contribution in [0.1, 0.15) is 13.8 Å². The van der Waals surface area contributed by atoms with Crippen molar-refractivity contribution in [1.82, 2.24) is 9.55 Å². The highest BCUT2D eigenvalue weighted by molar-refractivity contribution is 5.26. The van der Waals surface area contributed by atoms with Crippen molar-refractivity contribution < 1.29 is 0 Å². The highest BCUT2D eigenvalue weighted by atomic mass is 16.1. The zero-order valence-electron chi connectivity index (χ0n) is 10.8. The summed E-state index contributed by atoms with van der Waals surface area (Å²) in [5, 5.41) is 0.378. The van der Waals surface area contributed by atoms with Crippen molar-refractivity contribution in [3.8, 4) is 0 Å². The van der Waals surface area contributed by atoms with Crippen LogP contribution in [0.5, 0.6) is 0 Å². The molecule has 1 aliphatic rings. The molecule has 2 rings (SSSR count). The third-order valence-electron chi connectivity index (χ3n) is 2.98. The monoisotopic (exact) mass is 235 g/mol. The smallest absolute Gasteiger partial charge is 0.282 e. The van der Waals surface area contributed by atoms with Crippen LogP contribution in [0.25, 0.3) is 0 Å². The molecule has 0 aliphatic carbocycles. The quantitative estimate of drug-likeness (QED) is 0.619. The van der Waals surface area contributed by atoms with Crippen molar-refractivity contribution in [3.63, 3.8) is 0 Å². The number of aromatic nitrogens is 2. The van der Waals surface area contributed by atoms with E-state index in [0.29, 0.717) is 16.8 Å². The Morgan fingerprint density at radius 1 is 1.18 bits per heavy atom. The van der Waals surface area contributed by atoms with Crippen LogP contribution in [-0.4, -0.2) is 35.7 Å². The fourth-order valence-electron chi connectivity index (χ4n) is 1.78. The minimum absolute atomic E-state index is 0.0298. The fourth-order valence-corrected chi connectivity index (χ4v) is 1.78. The van der Waals surface area contributed by atoms with E-state index in [1.54, 1.807) is 11.9 Å². The molecular formula is C11H17N5O. The lowest BCUT2D eigenvalue weighted by atomic mass is 10.2. The number of fused-ring (bicyclic) bond motifs is 1. The van der Waals surface area contributed by atoms with Gasteiger partial charge in [-0.1, -0.05) is 0 Å². The molecule has 0 N–H and O–H groups in total. The van der Waals surface area contributed by atoms with Crippen molar-refractivity contribution in [3.05, 3.63) is 21.2 Å². The molecule has 6 nitrogen and oxygen atoms in total. The van der Waals surface area contributed by atoms with E-state index in [2.05, 4.69) is 15.0 Å². The van der Waals surface area contributed by atoms with E-state index in [1.807, 2.05) is 27.9 Å². The molecule has 2 atom stereocenters. The molecule has 0 aromatic carbocycles. The van der Waals surface area contributed by atoms with Crippen LogP contribution >= 0.6 is 0 Å².